The third-order valence-corrected chi connectivity index (χ3v) is 6.44. The van der Waals surface area contributed by atoms with Gasteiger partial charge in [0, 0.05) is 26.8 Å². The quantitative estimate of drug-likeness (QED) is 0.797. The van der Waals surface area contributed by atoms with Gasteiger partial charge in [-0.1, -0.05) is 6.92 Å². The van der Waals surface area contributed by atoms with Crippen LogP contribution >= 0.6 is 26.6 Å². The second-order valence-electron chi connectivity index (χ2n) is 5.63. The maximum Gasteiger partial charge on any atom is 0.262 e. The van der Waals surface area contributed by atoms with Crippen LogP contribution in [0.3, 0.4) is 0 Å². The molecule has 7 heteroatoms. The van der Waals surface area contributed by atoms with Crippen LogP contribution in [0.15, 0.2) is 21.5 Å². The van der Waals surface area contributed by atoms with Crippen molar-refractivity contribution in [2.24, 2.45) is 5.92 Å². The van der Waals surface area contributed by atoms with Crippen molar-refractivity contribution in [2.45, 2.75) is 44.0 Å². The van der Waals surface area contributed by atoms with Crippen molar-refractivity contribution in [2.75, 3.05) is 0 Å². The molecule has 4 nitrogen and oxygen atoms in total. The van der Waals surface area contributed by atoms with Crippen LogP contribution in [0.2, 0.25) is 0 Å². The molecule has 0 spiro atoms. The topological polar surface area (TPSA) is 63.2 Å². The molecule has 2 rings (SSSR count). The number of benzene rings is 1. The third-order valence-electron chi connectivity index (χ3n) is 3.78. The van der Waals surface area contributed by atoms with Crippen LogP contribution in [-0.4, -0.2) is 20.4 Å². The molecule has 0 aliphatic heterocycles. The van der Waals surface area contributed by atoms with Crippen molar-refractivity contribution in [1.29, 1.82) is 0 Å². The highest BCUT2D eigenvalue weighted by atomic mass is 79.9. The maximum absolute atomic E-state index is 12.3. The Morgan fingerprint density at radius 1 is 1.38 bits per heavy atom. The zero-order chi connectivity index (χ0) is 15.8. The van der Waals surface area contributed by atoms with E-state index in [2.05, 4.69) is 28.2 Å². The summed E-state index contributed by atoms with van der Waals surface area (Å²) in [7, 11) is 1.51. The summed E-state index contributed by atoms with van der Waals surface area (Å²) >= 11 is 3.20. The average Bonchev–Trinajstić information content (AvgIpc) is 2.76. The molecule has 0 radical (unpaired) electrons. The molecule has 1 aliphatic rings. The molecule has 0 bridgehead atoms. The van der Waals surface area contributed by atoms with E-state index in [4.69, 9.17) is 10.7 Å². The standard InChI is InChI=1S/C14H17BrClNO3S/c1-8-3-4-11(5-8)17-14(18)10-6-9(2)13(15)12(7-10)21(16,19)20/h6-8,11H,3-5H2,1-2H3,(H,17,18). The van der Waals surface area contributed by atoms with E-state index in [1.807, 2.05) is 0 Å². The summed E-state index contributed by atoms with van der Waals surface area (Å²) in [4.78, 5) is 12.2. The largest absolute Gasteiger partial charge is 0.349 e. The van der Waals surface area contributed by atoms with Gasteiger partial charge in [-0.3, -0.25) is 4.79 Å². The molecule has 0 saturated heterocycles. The molecule has 1 saturated carbocycles. The Labute approximate surface area is 137 Å². The summed E-state index contributed by atoms with van der Waals surface area (Å²) < 4.78 is 23.5. The lowest BCUT2D eigenvalue weighted by atomic mass is 10.1. The Bertz CT molecular complexity index is 675. The zero-order valence-corrected chi connectivity index (χ0v) is 15.0. The summed E-state index contributed by atoms with van der Waals surface area (Å²) in [6.07, 6.45) is 3.02. The highest BCUT2D eigenvalue weighted by molar-refractivity contribution is 9.10. The number of hydrogen-bond donors (Lipinski definition) is 1. The van der Waals surface area contributed by atoms with Gasteiger partial charge in [-0.05, 0) is 65.7 Å². The SMILES string of the molecule is Cc1cc(C(=O)NC2CCC(C)C2)cc(S(=O)(=O)Cl)c1Br. The average molecular weight is 395 g/mol. The van der Waals surface area contributed by atoms with E-state index in [9.17, 15) is 13.2 Å². The normalized spacial score (nSPS) is 22.3. The summed E-state index contributed by atoms with van der Waals surface area (Å²) in [5, 5.41) is 2.96. The molecule has 1 amide bonds. The van der Waals surface area contributed by atoms with Gasteiger partial charge in [0.2, 0.25) is 0 Å². The molecule has 2 unspecified atom stereocenters. The minimum atomic E-state index is -3.90. The predicted octanol–water partition coefficient (Wildman–Crippen LogP) is 3.60. The molecule has 1 aromatic carbocycles. The van der Waals surface area contributed by atoms with Gasteiger partial charge in [-0.2, -0.15) is 0 Å². The van der Waals surface area contributed by atoms with Gasteiger partial charge >= 0.3 is 0 Å². The second-order valence-corrected chi connectivity index (χ2v) is 8.96. The van der Waals surface area contributed by atoms with Crippen molar-refractivity contribution in [1.82, 2.24) is 5.32 Å². The second kappa shape index (κ2) is 6.26. The first-order valence-electron chi connectivity index (χ1n) is 6.74. The number of amides is 1. The fraction of sp³-hybridized carbons (Fsp3) is 0.500. The molecular formula is C14H17BrClNO3S. The van der Waals surface area contributed by atoms with Gasteiger partial charge in [0.05, 0.1) is 4.90 Å². The van der Waals surface area contributed by atoms with E-state index >= 15 is 0 Å². The lowest BCUT2D eigenvalue weighted by Crippen LogP contribution is -2.33. The minimum absolute atomic E-state index is 0.0749. The fourth-order valence-corrected chi connectivity index (χ4v) is 4.81. The molecule has 1 fully saturated rings. The number of aryl methyl sites for hydroxylation is 1. The van der Waals surface area contributed by atoms with Gasteiger partial charge in [-0.25, -0.2) is 8.42 Å². The first-order chi connectivity index (χ1) is 9.68. The van der Waals surface area contributed by atoms with Gasteiger partial charge in [0.15, 0.2) is 0 Å². The van der Waals surface area contributed by atoms with E-state index in [0.717, 1.165) is 19.3 Å². The summed E-state index contributed by atoms with van der Waals surface area (Å²) in [5.41, 5.74) is 0.969. The first kappa shape index (κ1) is 16.8. The third kappa shape index (κ3) is 3.99. The summed E-state index contributed by atoms with van der Waals surface area (Å²) in [6.45, 7) is 3.89. The number of carbonyl (C=O) groups is 1. The van der Waals surface area contributed by atoms with Gasteiger partial charge in [0.25, 0.3) is 15.0 Å². The summed E-state index contributed by atoms with van der Waals surface area (Å²) in [5.74, 6) is 0.354. The molecule has 21 heavy (non-hydrogen) atoms. The Balaban J connectivity index is 2.28. The Kier molecular flexibility index (Phi) is 5.00. The number of halogens is 2. The molecule has 2 atom stereocenters. The monoisotopic (exact) mass is 393 g/mol. The van der Waals surface area contributed by atoms with E-state index in [1.54, 1.807) is 13.0 Å². The van der Waals surface area contributed by atoms with Crippen molar-refractivity contribution in [3.63, 3.8) is 0 Å². The molecular weight excluding hydrogens is 378 g/mol. The van der Waals surface area contributed by atoms with Crippen LogP contribution < -0.4 is 5.32 Å². The number of rotatable bonds is 3. The highest BCUT2D eigenvalue weighted by Crippen LogP contribution is 2.30. The Morgan fingerprint density at radius 3 is 2.57 bits per heavy atom. The van der Waals surface area contributed by atoms with Crippen molar-refractivity contribution >= 4 is 41.6 Å². The minimum Gasteiger partial charge on any atom is -0.349 e. The summed E-state index contributed by atoms with van der Waals surface area (Å²) in [6, 6.07) is 3.13. The van der Waals surface area contributed by atoms with Gasteiger partial charge < -0.3 is 5.32 Å². The Morgan fingerprint density at radius 2 is 2.05 bits per heavy atom. The predicted molar refractivity (Wildman–Crippen MR) is 86.2 cm³/mol. The van der Waals surface area contributed by atoms with Crippen LogP contribution in [0.25, 0.3) is 0 Å². The maximum atomic E-state index is 12.3. The van der Waals surface area contributed by atoms with Crippen LogP contribution in [0.5, 0.6) is 0 Å². The van der Waals surface area contributed by atoms with Crippen molar-refractivity contribution < 1.29 is 13.2 Å². The molecule has 1 aromatic rings. The van der Waals surface area contributed by atoms with E-state index in [1.165, 1.54) is 6.07 Å². The molecule has 0 aromatic heterocycles. The first-order valence-corrected chi connectivity index (χ1v) is 9.84. The number of hydrogen-bond acceptors (Lipinski definition) is 3. The molecule has 1 aliphatic carbocycles. The molecule has 116 valence electrons. The van der Waals surface area contributed by atoms with E-state index in [0.29, 0.717) is 21.5 Å². The number of nitrogens with one attached hydrogen (secondary N) is 1. The van der Waals surface area contributed by atoms with E-state index in [-0.39, 0.29) is 16.8 Å². The van der Waals surface area contributed by atoms with Crippen molar-refractivity contribution in [3.05, 3.63) is 27.7 Å². The van der Waals surface area contributed by atoms with Gasteiger partial charge in [-0.15, -0.1) is 0 Å². The van der Waals surface area contributed by atoms with E-state index < -0.39 is 9.05 Å². The van der Waals surface area contributed by atoms with Crippen LogP contribution in [0.4, 0.5) is 0 Å². The number of carbonyl (C=O) groups excluding carboxylic acids is 1. The van der Waals surface area contributed by atoms with Crippen LogP contribution in [0, 0.1) is 12.8 Å². The van der Waals surface area contributed by atoms with Gasteiger partial charge in [0.1, 0.15) is 0 Å². The smallest absolute Gasteiger partial charge is 0.262 e. The van der Waals surface area contributed by atoms with Crippen LogP contribution in [-0.2, 0) is 9.05 Å². The highest BCUT2D eigenvalue weighted by Gasteiger charge is 2.25. The molecule has 1 N–H and O–H groups in total. The molecule has 0 heterocycles. The lowest BCUT2D eigenvalue weighted by molar-refractivity contribution is 0.0937. The van der Waals surface area contributed by atoms with Crippen molar-refractivity contribution in [3.8, 4) is 0 Å². The fourth-order valence-electron chi connectivity index (χ4n) is 2.65. The lowest BCUT2D eigenvalue weighted by Gasteiger charge is -2.14. The van der Waals surface area contributed by atoms with Crippen LogP contribution in [0.1, 0.15) is 42.1 Å². The zero-order valence-electron chi connectivity index (χ0n) is 11.8. The Hall–Kier alpha value is -0.590.